The summed E-state index contributed by atoms with van der Waals surface area (Å²) in [6, 6.07) is 8.01. The van der Waals surface area contributed by atoms with Crippen LogP contribution in [-0.2, 0) is 11.3 Å². The van der Waals surface area contributed by atoms with Gasteiger partial charge in [-0.3, -0.25) is 9.69 Å². The predicted molar refractivity (Wildman–Crippen MR) is 85.3 cm³/mol. The molecule has 0 radical (unpaired) electrons. The molecule has 1 aromatic rings. The Bertz CT molecular complexity index is 499. The molecule has 2 saturated heterocycles. The Kier molecular flexibility index (Phi) is 4.81. The van der Waals surface area contributed by atoms with E-state index in [-0.39, 0.29) is 5.92 Å². The first-order chi connectivity index (χ1) is 10.2. The van der Waals surface area contributed by atoms with Crippen LogP contribution < -0.4 is 0 Å². The zero-order valence-electron chi connectivity index (χ0n) is 12.4. The third kappa shape index (κ3) is 3.78. The van der Waals surface area contributed by atoms with Gasteiger partial charge in [0.15, 0.2) is 0 Å². The van der Waals surface area contributed by atoms with E-state index in [2.05, 4.69) is 15.9 Å². The molecule has 21 heavy (non-hydrogen) atoms. The van der Waals surface area contributed by atoms with Crippen molar-refractivity contribution < 1.29 is 4.79 Å². The number of carbonyl (C=O) groups is 1. The SMILES string of the molecule is O=C(C1CCN(Cc2cccc(Cl)c2)C1)N1CCCCC1. The first kappa shape index (κ1) is 14.9. The summed E-state index contributed by atoms with van der Waals surface area (Å²) in [6.45, 7) is 4.72. The molecule has 1 amide bonds. The third-order valence-corrected chi connectivity index (χ3v) is 4.82. The molecule has 1 aromatic carbocycles. The number of halogens is 1. The van der Waals surface area contributed by atoms with Crippen molar-refractivity contribution >= 4 is 17.5 Å². The van der Waals surface area contributed by atoms with Gasteiger partial charge in [0.05, 0.1) is 5.92 Å². The summed E-state index contributed by atoms with van der Waals surface area (Å²) in [6.07, 6.45) is 4.61. The Morgan fingerprint density at radius 2 is 2.00 bits per heavy atom. The summed E-state index contributed by atoms with van der Waals surface area (Å²) < 4.78 is 0. The minimum atomic E-state index is 0.197. The summed E-state index contributed by atoms with van der Waals surface area (Å²) in [5, 5.41) is 0.785. The molecule has 1 unspecified atom stereocenters. The largest absolute Gasteiger partial charge is 0.342 e. The van der Waals surface area contributed by atoms with E-state index in [0.29, 0.717) is 5.91 Å². The van der Waals surface area contributed by atoms with E-state index in [9.17, 15) is 4.79 Å². The molecular formula is C17H23ClN2O. The van der Waals surface area contributed by atoms with Crippen LogP contribution >= 0.6 is 11.6 Å². The highest BCUT2D eigenvalue weighted by Gasteiger charge is 2.31. The summed E-state index contributed by atoms with van der Waals surface area (Å²) in [5.41, 5.74) is 1.23. The molecule has 0 N–H and O–H groups in total. The minimum Gasteiger partial charge on any atom is -0.342 e. The standard InChI is InChI=1S/C17H23ClN2O/c18-16-6-4-5-14(11-16)12-19-10-7-15(13-19)17(21)20-8-2-1-3-9-20/h4-6,11,15H,1-3,7-10,12-13H2. The summed E-state index contributed by atoms with van der Waals surface area (Å²) >= 11 is 6.03. The van der Waals surface area contributed by atoms with Gasteiger partial charge < -0.3 is 4.90 Å². The highest BCUT2D eigenvalue weighted by atomic mass is 35.5. The van der Waals surface area contributed by atoms with E-state index >= 15 is 0 Å². The Balaban J connectivity index is 1.54. The van der Waals surface area contributed by atoms with E-state index in [1.807, 2.05) is 18.2 Å². The molecule has 2 aliphatic heterocycles. The maximum Gasteiger partial charge on any atom is 0.227 e. The number of hydrogen-bond acceptors (Lipinski definition) is 2. The van der Waals surface area contributed by atoms with Crippen molar-refractivity contribution in [3.8, 4) is 0 Å². The van der Waals surface area contributed by atoms with Crippen molar-refractivity contribution in [1.82, 2.24) is 9.80 Å². The van der Waals surface area contributed by atoms with Gasteiger partial charge in [-0.1, -0.05) is 23.7 Å². The molecule has 0 saturated carbocycles. The number of nitrogens with zero attached hydrogens (tertiary/aromatic N) is 2. The normalized spacial score (nSPS) is 23.5. The lowest BCUT2D eigenvalue weighted by atomic mass is 10.0. The van der Waals surface area contributed by atoms with Gasteiger partial charge in [-0.2, -0.15) is 0 Å². The smallest absolute Gasteiger partial charge is 0.227 e. The quantitative estimate of drug-likeness (QED) is 0.856. The van der Waals surface area contributed by atoms with Crippen molar-refractivity contribution in [3.05, 3.63) is 34.9 Å². The van der Waals surface area contributed by atoms with E-state index in [0.717, 1.165) is 44.2 Å². The van der Waals surface area contributed by atoms with Gasteiger partial charge in [0, 0.05) is 31.2 Å². The monoisotopic (exact) mass is 306 g/mol. The van der Waals surface area contributed by atoms with Crippen LogP contribution in [0.5, 0.6) is 0 Å². The van der Waals surface area contributed by atoms with E-state index in [1.165, 1.54) is 24.8 Å². The van der Waals surface area contributed by atoms with Gasteiger partial charge in [-0.25, -0.2) is 0 Å². The number of benzene rings is 1. The van der Waals surface area contributed by atoms with Gasteiger partial charge in [0.1, 0.15) is 0 Å². The number of amides is 1. The van der Waals surface area contributed by atoms with E-state index < -0.39 is 0 Å². The first-order valence-electron chi connectivity index (χ1n) is 7.98. The van der Waals surface area contributed by atoms with Gasteiger partial charge in [-0.15, -0.1) is 0 Å². The average molecular weight is 307 g/mol. The number of likely N-dealkylation sites (tertiary alicyclic amines) is 2. The molecule has 2 heterocycles. The lowest BCUT2D eigenvalue weighted by Crippen LogP contribution is -2.40. The fourth-order valence-corrected chi connectivity index (χ4v) is 3.66. The lowest BCUT2D eigenvalue weighted by Gasteiger charge is -2.29. The maximum absolute atomic E-state index is 12.5. The fourth-order valence-electron chi connectivity index (χ4n) is 3.44. The van der Waals surface area contributed by atoms with Crippen molar-refractivity contribution in [2.75, 3.05) is 26.2 Å². The van der Waals surface area contributed by atoms with Crippen molar-refractivity contribution in [3.63, 3.8) is 0 Å². The molecule has 4 heteroatoms. The zero-order chi connectivity index (χ0) is 14.7. The third-order valence-electron chi connectivity index (χ3n) is 4.58. The minimum absolute atomic E-state index is 0.197. The second-order valence-electron chi connectivity index (χ2n) is 6.24. The second kappa shape index (κ2) is 6.80. The van der Waals surface area contributed by atoms with E-state index in [4.69, 9.17) is 11.6 Å². The highest BCUT2D eigenvalue weighted by molar-refractivity contribution is 6.30. The summed E-state index contributed by atoms with van der Waals surface area (Å²) in [4.78, 5) is 17.0. The first-order valence-corrected chi connectivity index (χ1v) is 8.36. The van der Waals surface area contributed by atoms with Crippen LogP contribution in [0.2, 0.25) is 5.02 Å². The Labute approximate surface area is 131 Å². The van der Waals surface area contributed by atoms with Crippen LogP contribution in [0.4, 0.5) is 0 Å². The highest BCUT2D eigenvalue weighted by Crippen LogP contribution is 2.23. The Hall–Kier alpha value is -1.06. The number of piperidine rings is 1. The van der Waals surface area contributed by atoms with Gasteiger partial charge in [0.25, 0.3) is 0 Å². The Morgan fingerprint density at radius 1 is 1.19 bits per heavy atom. The van der Waals surface area contributed by atoms with Crippen LogP contribution in [0.1, 0.15) is 31.2 Å². The predicted octanol–water partition coefficient (Wildman–Crippen LogP) is 3.17. The molecule has 0 aliphatic carbocycles. The average Bonchev–Trinajstić information content (AvgIpc) is 2.96. The van der Waals surface area contributed by atoms with Crippen LogP contribution in [0.15, 0.2) is 24.3 Å². The topological polar surface area (TPSA) is 23.6 Å². The molecular weight excluding hydrogens is 284 g/mol. The maximum atomic E-state index is 12.5. The van der Waals surface area contributed by atoms with Crippen LogP contribution in [0, 0.1) is 5.92 Å². The fraction of sp³-hybridized carbons (Fsp3) is 0.588. The Morgan fingerprint density at radius 3 is 2.76 bits per heavy atom. The van der Waals surface area contributed by atoms with Crippen molar-refractivity contribution in [2.45, 2.75) is 32.2 Å². The molecule has 2 fully saturated rings. The molecule has 3 rings (SSSR count). The lowest BCUT2D eigenvalue weighted by molar-refractivity contribution is -0.136. The summed E-state index contributed by atoms with van der Waals surface area (Å²) in [5.74, 6) is 0.575. The van der Waals surface area contributed by atoms with Crippen LogP contribution in [0.25, 0.3) is 0 Å². The van der Waals surface area contributed by atoms with Gasteiger partial charge in [-0.05, 0) is 49.9 Å². The number of rotatable bonds is 3. The molecule has 0 bridgehead atoms. The molecule has 3 nitrogen and oxygen atoms in total. The zero-order valence-corrected chi connectivity index (χ0v) is 13.2. The molecule has 1 atom stereocenters. The van der Waals surface area contributed by atoms with Gasteiger partial charge in [0.2, 0.25) is 5.91 Å². The van der Waals surface area contributed by atoms with Crippen LogP contribution in [-0.4, -0.2) is 41.9 Å². The molecule has 114 valence electrons. The van der Waals surface area contributed by atoms with E-state index in [1.54, 1.807) is 0 Å². The molecule has 0 spiro atoms. The van der Waals surface area contributed by atoms with Gasteiger partial charge >= 0.3 is 0 Å². The molecule has 2 aliphatic rings. The van der Waals surface area contributed by atoms with Crippen LogP contribution in [0.3, 0.4) is 0 Å². The van der Waals surface area contributed by atoms with Crippen molar-refractivity contribution in [2.24, 2.45) is 5.92 Å². The van der Waals surface area contributed by atoms with Crippen molar-refractivity contribution in [1.29, 1.82) is 0 Å². The number of hydrogen-bond donors (Lipinski definition) is 0. The molecule has 0 aromatic heterocycles. The summed E-state index contributed by atoms with van der Waals surface area (Å²) in [7, 11) is 0. The second-order valence-corrected chi connectivity index (χ2v) is 6.67. The number of carbonyl (C=O) groups excluding carboxylic acids is 1.